The Morgan fingerprint density at radius 3 is 2.81 bits per heavy atom. The van der Waals surface area contributed by atoms with Crippen molar-refractivity contribution in [3.63, 3.8) is 0 Å². The van der Waals surface area contributed by atoms with Gasteiger partial charge in [-0.25, -0.2) is 0 Å². The van der Waals surface area contributed by atoms with E-state index < -0.39 is 0 Å². The third-order valence-electron chi connectivity index (χ3n) is 3.61. The summed E-state index contributed by atoms with van der Waals surface area (Å²) < 4.78 is 5.18. The van der Waals surface area contributed by atoms with Gasteiger partial charge >= 0.3 is 6.01 Å². The SMILES string of the molecule is CNc1nc(OC)nc(N2CCCCc3ccccc32)n1. The Balaban J connectivity index is 2.07. The molecular weight excluding hydrogens is 266 g/mol. The lowest BCUT2D eigenvalue weighted by atomic mass is 10.1. The van der Waals surface area contributed by atoms with Crippen molar-refractivity contribution >= 4 is 17.6 Å². The summed E-state index contributed by atoms with van der Waals surface area (Å²) in [4.78, 5) is 15.2. The number of nitrogens with zero attached hydrogens (tertiary/aromatic N) is 4. The molecule has 0 saturated carbocycles. The maximum Gasteiger partial charge on any atom is 0.322 e. The maximum atomic E-state index is 5.18. The van der Waals surface area contributed by atoms with Crippen LogP contribution in [0.3, 0.4) is 0 Å². The molecule has 21 heavy (non-hydrogen) atoms. The number of ether oxygens (including phenoxy) is 1. The van der Waals surface area contributed by atoms with Crippen LogP contribution < -0.4 is 15.0 Å². The van der Waals surface area contributed by atoms with Gasteiger partial charge in [0.2, 0.25) is 11.9 Å². The molecule has 1 aliphatic heterocycles. The number of hydrogen-bond acceptors (Lipinski definition) is 6. The Labute approximate surface area is 124 Å². The Morgan fingerprint density at radius 1 is 1.14 bits per heavy atom. The second kappa shape index (κ2) is 5.95. The maximum absolute atomic E-state index is 5.18. The van der Waals surface area contributed by atoms with E-state index in [0.717, 1.165) is 19.4 Å². The predicted octanol–water partition coefficient (Wildman–Crippen LogP) is 2.40. The van der Waals surface area contributed by atoms with Crippen LogP contribution in [0.4, 0.5) is 17.6 Å². The number of aromatic nitrogens is 3. The molecule has 1 N–H and O–H groups in total. The van der Waals surface area contributed by atoms with Crippen LogP contribution in [0.1, 0.15) is 18.4 Å². The Bertz CT molecular complexity index is 609. The molecule has 2 aromatic rings. The molecule has 1 aliphatic rings. The fourth-order valence-electron chi connectivity index (χ4n) is 2.57. The van der Waals surface area contributed by atoms with Gasteiger partial charge in [-0.1, -0.05) is 18.2 Å². The molecule has 1 aromatic heterocycles. The largest absolute Gasteiger partial charge is 0.467 e. The summed E-state index contributed by atoms with van der Waals surface area (Å²) in [5.41, 5.74) is 2.51. The number of aryl methyl sites for hydroxylation is 1. The van der Waals surface area contributed by atoms with Crippen LogP contribution in [0, 0.1) is 0 Å². The van der Waals surface area contributed by atoms with Crippen LogP contribution in [0.5, 0.6) is 6.01 Å². The van der Waals surface area contributed by atoms with E-state index in [2.05, 4.69) is 49.4 Å². The molecule has 0 spiro atoms. The number of hydrogen-bond donors (Lipinski definition) is 1. The van der Waals surface area contributed by atoms with E-state index in [1.54, 1.807) is 14.2 Å². The Hall–Kier alpha value is -2.37. The molecule has 2 heterocycles. The average molecular weight is 285 g/mol. The van der Waals surface area contributed by atoms with Gasteiger partial charge < -0.3 is 15.0 Å². The van der Waals surface area contributed by atoms with Gasteiger partial charge in [-0.3, -0.25) is 0 Å². The van der Waals surface area contributed by atoms with E-state index in [1.165, 1.54) is 17.7 Å². The molecule has 1 aromatic carbocycles. The van der Waals surface area contributed by atoms with Crippen LogP contribution in [-0.2, 0) is 6.42 Å². The van der Waals surface area contributed by atoms with E-state index >= 15 is 0 Å². The smallest absolute Gasteiger partial charge is 0.322 e. The standard InChI is InChI=1S/C15H19N5O/c1-16-13-17-14(19-15(18-13)21-2)20-10-6-5-8-11-7-3-4-9-12(11)20/h3-4,7,9H,5-6,8,10H2,1-2H3,(H,16,17,18,19). The van der Waals surface area contributed by atoms with Crippen LogP contribution in [0.15, 0.2) is 24.3 Å². The van der Waals surface area contributed by atoms with Crippen molar-refractivity contribution in [2.24, 2.45) is 0 Å². The first-order chi connectivity index (χ1) is 10.3. The zero-order valence-electron chi connectivity index (χ0n) is 12.3. The van der Waals surface area contributed by atoms with Crippen molar-refractivity contribution in [1.29, 1.82) is 0 Å². The summed E-state index contributed by atoms with van der Waals surface area (Å²) in [6.45, 7) is 0.896. The van der Waals surface area contributed by atoms with Gasteiger partial charge in [0, 0.05) is 19.3 Å². The molecule has 0 radical (unpaired) electrons. The minimum Gasteiger partial charge on any atom is -0.467 e. The van der Waals surface area contributed by atoms with E-state index in [0.29, 0.717) is 17.9 Å². The van der Waals surface area contributed by atoms with Gasteiger partial charge in [0.1, 0.15) is 0 Å². The van der Waals surface area contributed by atoms with Crippen LogP contribution in [-0.4, -0.2) is 35.7 Å². The fourth-order valence-corrected chi connectivity index (χ4v) is 2.57. The average Bonchev–Trinajstić information content (AvgIpc) is 2.76. The molecule has 0 unspecified atom stereocenters. The minimum atomic E-state index is 0.325. The first kappa shape index (κ1) is 13.6. The first-order valence-electron chi connectivity index (χ1n) is 7.15. The van der Waals surface area contributed by atoms with Crippen LogP contribution in [0.25, 0.3) is 0 Å². The molecule has 6 nitrogen and oxygen atoms in total. The molecule has 0 bridgehead atoms. The highest BCUT2D eigenvalue weighted by atomic mass is 16.5. The molecular formula is C15H19N5O. The molecule has 0 atom stereocenters. The number of rotatable bonds is 3. The van der Waals surface area contributed by atoms with Gasteiger partial charge in [-0.2, -0.15) is 15.0 Å². The van der Waals surface area contributed by atoms with E-state index in [1.807, 2.05) is 0 Å². The van der Waals surface area contributed by atoms with E-state index in [9.17, 15) is 0 Å². The molecule has 6 heteroatoms. The summed E-state index contributed by atoms with van der Waals surface area (Å²) >= 11 is 0. The summed E-state index contributed by atoms with van der Waals surface area (Å²) in [6.07, 6.45) is 3.37. The summed E-state index contributed by atoms with van der Waals surface area (Å²) in [5.74, 6) is 1.14. The topological polar surface area (TPSA) is 63.2 Å². The first-order valence-corrected chi connectivity index (χ1v) is 7.15. The molecule has 0 saturated heterocycles. The normalized spacial score (nSPS) is 14.3. The lowest BCUT2D eigenvalue weighted by Gasteiger charge is -2.23. The monoisotopic (exact) mass is 285 g/mol. The lowest BCUT2D eigenvalue weighted by Crippen LogP contribution is -2.21. The van der Waals surface area contributed by atoms with Crippen molar-refractivity contribution in [3.05, 3.63) is 29.8 Å². The fraction of sp³-hybridized carbons (Fsp3) is 0.400. The highest BCUT2D eigenvalue weighted by molar-refractivity contribution is 5.63. The van der Waals surface area contributed by atoms with Gasteiger partial charge in [0.15, 0.2) is 0 Å². The van der Waals surface area contributed by atoms with Gasteiger partial charge in [-0.15, -0.1) is 0 Å². The Morgan fingerprint density at radius 2 is 2.00 bits per heavy atom. The third-order valence-corrected chi connectivity index (χ3v) is 3.61. The lowest BCUT2D eigenvalue weighted by molar-refractivity contribution is 0.379. The molecule has 110 valence electrons. The number of benzene rings is 1. The number of anilines is 3. The highest BCUT2D eigenvalue weighted by Crippen LogP contribution is 2.31. The molecule has 0 aliphatic carbocycles. The minimum absolute atomic E-state index is 0.325. The predicted molar refractivity (Wildman–Crippen MR) is 82.3 cm³/mol. The molecule has 0 fully saturated rings. The number of methoxy groups -OCH3 is 1. The van der Waals surface area contributed by atoms with Crippen molar-refractivity contribution in [2.45, 2.75) is 19.3 Å². The van der Waals surface area contributed by atoms with Crippen molar-refractivity contribution in [1.82, 2.24) is 15.0 Å². The number of nitrogens with one attached hydrogen (secondary N) is 1. The Kier molecular flexibility index (Phi) is 3.85. The van der Waals surface area contributed by atoms with Gasteiger partial charge in [0.05, 0.1) is 7.11 Å². The van der Waals surface area contributed by atoms with Crippen LogP contribution >= 0.6 is 0 Å². The van der Waals surface area contributed by atoms with Gasteiger partial charge in [0.25, 0.3) is 0 Å². The third kappa shape index (κ3) is 2.74. The van der Waals surface area contributed by atoms with Crippen molar-refractivity contribution in [2.75, 3.05) is 30.9 Å². The zero-order chi connectivity index (χ0) is 14.7. The zero-order valence-corrected chi connectivity index (χ0v) is 12.3. The highest BCUT2D eigenvalue weighted by Gasteiger charge is 2.20. The van der Waals surface area contributed by atoms with E-state index in [-0.39, 0.29) is 0 Å². The van der Waals surface area contributed by atoms with Crippen molar-refractivity contribution in [3.8, 4) is 6.01 Å². The molecule has 0 amide bonds. The second-order valence-corrected chi connectivity index (χ2v) is 4.93. The van der Waals surface area contributed by atoms with Gasteiger partial charge in [-0.05, 0) is 30.9 Å². The molecule has 3 rings (SSSR count). The number of fused-ring (bicyclic) bond motifs is 1. The number of para-hydroxylation sites is 1. The van der Waals surface area contributed by atoms with E-state index in [4.69, 9.17) is 4.74 Å². The second-order valence-electron chi connectivity index (χ2n) is 4.93. The van der Waals surface area contributed by atoms with Crippen molar-refractivity contribution < 1.29 is 4.74 Å². The summed E-state index contributed by atoms with van der Waals surface area (Å²) in [6, 6.07) is 8.75. The quantitative estimate of drug-likeness (QED) is 0.934. The summed E-state index contributed by atoms with van der Waals surface area (Å²) in [5, 5.41) is 2.95. The summed E-state index contributed by atoms with van der Waals surface area (Å²) in [7, 11) is 3.35. The van der Waals surface area contributed by atoms with Crippen LogP contribution in [0.2, 0.25) is 0 Å².